The molecule has 0 spiro atoms. The molecule has 0 heterocycles. The minimum atomic E-state index is -0.0931. The van der Waals surface area contributed by atoms with Crippen LogP contribution in [0.5, 0.6) is 0 Å². The van der Waals surface area contributed by atoms with Crippen LogP contribution in [-0.4, -0.2) is 25.2 Å². The summed E-state index contributed by atoms with van der Waals surface area (Å²) in [4.78, 5) is 23.3. The summed E-state index contributed by atoms with van der Waals surface area (Å²) < 4.78 is 10.5. The third-order valence-corrected chi connectivity index (χ3v) is 5.03. The summed E-state index contributed by atoms with van der Waals surface area (Å²) >= 11 is 0. The Labute approximate surface area is 174 Å². The Balaban J connectivity index is 3.28. The zero-order chi connectivity index (χ0) is 20.7. The number of rotatable bonds is 21. The summed E-state index contributed by atoms with van der Waals surface area (Å²) in [5.74, 6) is -0.186. The smallest absolute Gasteiger partial charge is 0.305 e. The molecule has 28 heavy (non-hydrogen) atoms. The molecule has 4 heteroatoms. The normalized spacial score (nSPS) is 10.8. The maximum atomic E-state index is 11.6. The predicted molar refractivity (Wildman–Crippen MR) is 116 cm³/mol. The van der Waals surface area contributed by atoms with Crippen LogP contribution >= 0.6 is 0 Å². The van der Waals surface area contributed by atoms with E-state index >= 15 is 0 Å². The molecule has 0 N–H and O–H groups in total. The molecule has 0 radical (unpaired) electrons. The van der Waals surface area contributed by atoms with Gasteiger partial charge >= 0.3 is 11.9 Å². The number of esters is 2. The topological polar surface area (TPSA) is 52.6 Å². The maximum absolute atomic E-state index is 11.6. The fraction of sp³-hybridized carbons (Fsp3) is 0.917. The van der Waals surface area contributed by atoms with E-state index in [1.807, 2.05) is 0 Å². The second-order valence-corrected chi connectivity index (χ2v) is 7.89. The van der Waals surface area contributed by atoms with Crippen molar-refractivity contribution in [3.05, 3.63) is 0 Å². The lowest BCUT2D eigenvalue weighted by Crippen LogP contribution is -2.08. The van der Waals surface area contributed by atoms with Gasteiger partial charge in [-0.15, -0.1) is 0 Å². The molecule has 0 aromatic heterocycles. The maximum Gasteiger partial charge on any atom is 0.305 e. The van der Waals surface area contributed by atoms with Crippen LogP contribution in [0.1, 0.15) is 129 Å². The van der Waals surface area contributed by atoms with E-state index in [1.165, 1.54) is 64.2 Å². The van der Waals surface area contributed by atoms with Gasteiger partial charge in [0.25, 0.3) is 0 Å². The van der Waals surface area contributed by atoms with Gasteiger partial charge in [-0.2, -0.15) is 0 Å². The van der Waals surface area contributed by atoms with Crippen LogP contribution in [0.25, 0.3) is 0 Å². The van der Waals surface area contributed by atoms with E-state index in [0.29, 0.717) is 26.1 Å². The molecule has 0 aromatic rings. The van der Waals surface area contributed by atoms with Gasteiger partial charge in [0.2, 0.25) is 0 Å². The first kappa shape index (κ1) is 26.9. The van der Waals surface area contributed by atoms with Crippen LogP contribution in [0.15, 0.2) is 0 Å². The van der Waals surface area contributed by atoms with E-state index in [0.717, 1.165) is 38.5 Å². The van der Waals surface area contributed by atoms with Gasteiger partial charge in [0.1, 0.15) is 0 Å². The van der Waals surface area contributed by atoms with Crippen LogP contribution in [0, 0.1) is 0 Å². The van der Waals surface area contributed by atoms with E-state index in [4.69, 9.17) is 9.47 Å². The predicted octanol–water partition coefficient (Wildman–Crippen LogP) is 7.13. The molecule has 0 saturated carbocycles. The van der Waals surface area contributed by atoms with Crippen molar-refractivity contribution in [1.29, 1.82) is 0 Å². The van der Waals surface area contributed by atoms with Crippen molar-refractivity contribution in [2.75, 3.05) is 13.2 Å². The van der Waals surface area contributed by atoms with Crippen LogP contribution in [0.2, 0.25) is 0 Å². The number of carbonyl (C=O) groups excluding carboxylic acids is 2. The van der Waals surface area contributed by atoms with Gasteiger partial charge in [-0.3, -0.25) is 9.59 Å². The number of unbranched alkanes of at least 4 members (excludes halogenated alkanes) is 13. The summed E-state index contributed by atoms with van der Waals surface area (Å²) in [6, 6.07) is 0. The summed E-state index contributed by atoms with van der Waals surface area (Å²) in [5, 5.41) is 0. The third kappa shape index (κ3) is 21.2. The van der Waals surface area contributed by atoms with E-state index < -0.39 is 0 Å². The molecule has 0 aliphatic rings. The Morgan fingerprint density at radius 2 is 0.786 bits per heavy atom. The van der Waals surface area contributed by atoms with Gasteiger partial charge in [-0.25, -0.2) is 0 Å². The van der Waals surface area contributed by atoms with Crippen molar-refractivity contribution >= 4 is 11.9 Å². The second kappa shape index (κ2) is 22.2. The molecule has 0 saturated heterocycles. The molecule has 0 rings (SSSR count). The van der Waals surface area contributed by atoms with Gasteiger partial charge < -0.3 is 9.47 Å². The van der Waals surface area contributed by atoms with E-state index in [1.54, 1.807) is 0 Å². The van der Waals surface area contributed by atoms with E-state index in [2.05, 4.69) is 13.8 Å². The Hall–Kier alpha value is -1.06. The van der Waals surface area contributed by atoms with Gasteiger partial charge in [0, 0.05) is 12.8 Å². The van der Waals surface area contributed by atoms with Crippen LogP contribution in [0.3, 0.4) is 0 Å². The second-order valence-electron chi connectivity index (χ2n) is 7.89. The average Bonchev–Trinajstić information content (AvgIpc) is 2.69. The number of carbonyl (C=O) groups is 2. The lowest BCUT2D eigenvalue weighted by molar-refractivity contribution is -0.146. The standard InChI is InChI=1S/C24H46O4/c1-3-5-7-9-11-13-15-19-23(25)27-21-17-18-22-28-24(26)20-16-14-12-10-8-6-4-2/h3-22H2,1-2H3. The molecule has 0 aromatic carbocycles. The molecule has 0 aliphatic heterocycles. The Morgan fingerprint density at radius 3 is 1.14 bits per heavy atom. The highest BCUT2D eigenvalue weighted by Crippen LogP contribution is 2.10. The quantitative estimate of drug-likeness (QED) is 0.152. The Morgan fingerprint density at radius 1 is 0.464 bits per heavy atom. The molecule has 0 amide bonds. The molecule has 0 aliphatic carbocycles. The summed E-state index contributed by atoms with van der Waals surface area (Å²) in [7, 11) is 0. The van der Waals surface area contributed by atoms with Gasteiger partial charge in [0.15, 0.2) is 0 Å². The molecule has 0 bridgehead atoms. The van der Waals surface area contributed by atoms with Crippen LogP contribution in [-0.2, 0) is 19.1 Å². The Kier molecular flexibility index (Phi) is 21.4. The number of hydrogen-bond donors (Lipinski definition) is 0. The largest absolute Gasteiger partial charge is 0.466 e. The van der Waals surface area contributed by atoms with Gasteiger partial charge in [-0.05, 0) is 25.7 Å². The minimum Gasteiger partial charge on any atom is -0.466 e. The summed E-state index contributed by atoms with van der Waals surface area (Å²) in [6.45, 7) is 5.31. The highest BCUT2D eigenvalue weighted by molar-refractivity contribution is 5.69. The fourth-order valence-electron chi connectivity index (χ4n) is 3.17. The molecular formula is C24H46O4. The lowest BCUT2D eigenvalue weighted by atomic mass is 10.1. The van der Waals surface area contributed by atoms with Crippen LogP contribution < -0.4 is 0 Å². The van der Waals surface area contributed by atoms with Crippen molar-refractivity contribution in [3.63, 3.8) is 0 Å². The summed E-state index contributed by atoms with van der Waals surface area (Å²) in [6.07, 6.45) is 19.5. The molecule has 0 unspecified atom stereocenters. The molecule has 0 atom stereocenters. The van der Waals surface area contributed by atoms with Crippen molar-refractivity contribution in [3.8, 4) is 0 Å². The molecule has 0 fully saturated rings. The zero-order valence-corrected chi connectivity index (χ0v) is 18.8. The number of ether oxygens (including phenoxy) is 2. The van der Waals surface area contributed by atoms with Crippen LogP contribution in [0.4, 0.5) is 0 Å². The Bertz CT molecular complexity index is 321. The monoisotopic (exact) mass is 398 g/mol. The van der Waals surface area contributed by atoms with Gasteiger partial charge in [-0.1, -0.05) is 90.9 Å². The highest BCUT2D eigenvalue weighted by atomic mass is 16.5. The fourth-order valence-corrected chi connectivity index (χ4v) is 3.17. The minimum absolute atomic E-state index is 0.0931. The first-order valence-corrected chi connectivity index (χ1v) is 12.0. The molecule has 166 valence electrons. The third-order valence-electron chi connectivity index (χ3n) is 5.03. The first-order valence-electron chi connectivity index (χ1n) is 12.0. The van der Waals surface area contributed by atoms with Crippen molar-refractivity contribution in [2.24, 2.45) is 0 Å². The highest BCUT2D eigenvalue weighted by Gasteiger charge is 2.04. The summed E-state index contributed by atoms with van der Waals surface area (Å²) in [5.41, 5.74) is 0. The van der Waals surface area contributed by atoms with Crippen molar-refractivity contribution < 1.29 is 19.1 Å². The van der Waals surface area contributed by atoms with Crippen molar-refractivity contribution in [2.45, 2.75) is 129 Å². The molecule has 4 nitrogen and oxygen atoms in total. The first-order chi connectivity index (χ1) is 13.7. The molecular weight excluding hydrogens is 352 g/mol. The van der Waals surface area contributed by atoms with E-state index in [9.17, 15) is 9.59 Å². The van der Waals surface area contributed by atoms with E-state index in [-0.39, 0.29) is 11.9 Å². The van der Waals surface area contributed by atoms with Gasteiger partial charge in [0.05, 0.1) is 13.2 Å². The van der Waals surface area contributed by atoms with Crippen molar-refractivity contribution in [1.82, 2.24) is 0 Å². The zero-order valence-electron chi connectivity index (χ0n) is 18.8. The number of hydrogen-bond acceptors (Lipinski definition) is 4. The lowest BCUT2D eigenvalue weighted by Gasteiger charge is -2.06. The SMILES string of the molecule is CCCCCCCCCC(=O)OCCCCOC(=O)CCCCCCCCC. The average molecular weight is 399 g/mol.